The van der Waals surface area contributed by atoms with E-state index >= 15 is 0 Å². The normalized spacial score (nSPS) is 25.1. The maximum absolute atomic E-state index is 12.1. The topological polar surface area (TPSA) is 46.5 Å². The predicted octanol–water partition coefficient (Wildman–Crippen LogP) is 10.6. The lowest BCUT2D eigenvalue weighted by atomic mass is 9.72. The molecule has 0 saturated heterocycles. The van der Waals surface area contributed by atoms with E-state index in [0.29, 0.717) is 24.2 Å². The Morgan fingerprint density at radius 2 is 1.65 bits per heavy atom. The number of hydrogen-bond acceptors (Lipinski definition) is 3. The summed E-state index contributed by atoms with van der Waals surface area (Å²) in [6.45, 7) is 10.5. The molecule has 2 fully saturated rings. The minimum Gasteiger partial charge on any atom is -0.513 e. The maximum atomic E-state index is 12.1. The number of hydrogen-bond donors (Lipinski definition) is 1. The lowest BCUT2D eigenvalue weighted by molar-refractivity contribution is -0.145. The fourth-order valence-electron chi connectivity index (χ4n) is 9.30. The van der Waals surface area contributed by atoms with Gasteiger partial charge in [-0.3, -0.25) is 4.79 Å². The fourth-order valence-corrected chi connectivity index (χ4v) is 9.30. The smallest absolute Gasteiger partial charge is 0.308 e. The van der Waals surface area contributed by atoms with E-state index in [1.165, 1.54) is 100 Å². The maximum Gasteiger partial charge on any atom is 0.308 e. The SMILES string of the molecule is C=C(O)Cc1c(C)cc2c(c1-c1ccc(C)cc1)CC(c1ccc3c(c1)C(C1CCC([C@@H]4CCC(C(=O)OC)C4)CC1)=CC3C)=C2. The molecular formula is C43H48O3. The van der Waals surface area contributed by atoms with Gasteiger partial charge in [-0.05, 0) is 150 Å². The Balaban J connectivity index is 1.13. The highest BCUT2D eigenvalue weighted by molar-refractivity contribution is 5.94. The molecular weight excluding hydrogens is 564 g/mol. The molecule has 3 aromatic carbocycles. The van der Waals surface area contributed by atoms with Gasteiger partial charge in [0.1, 0.15) is 0 Å². The Labute approximate surface area is 275 Å². The number of ether oxygens (including phenoxy) is 1. The molecule has 0 amide bonds. The molecule has 0 spiro atoms. The van der Waals surface area contributed by atoms with Gasteiger partial charge in [0.2, 0.25) is 0 Å². The number of fused-ring (bicyclic) bond motifs is 2. The number of carbonyl (C=O) groups excluding carboxylic acids is 1. The second-order valence-corrected chi connectivity index (χ2v) is 14.7. The van der Waals surface area contributed by atoms with Crippen molar-refractivity contribution >= 4 is 23.2 Å². The zero-order chi connectivity index (χ0) is 32.1. The summed E-state index contributed by atoms with van der Waals surface area (Å²) in [7, 11) is 1.53. The first-order valence-corrected chi connectivity index (χ1v) is 17.4. The van der Waals surface area contributed by atoms with Crippen molar-refractivity contribution in [3.05, 3.63) is 111 Å². The van der Waals surface area contributed by atoms with Crippen LogP contribution in [0.15, 0.2) is 66.9 Å². The summed E-state index contributed by atoms with van der Waals surface area (Å²) in [5.41, 5.74) is 15.9. The van der Waals surface area contributed by atoms with E-state index in [4.69, 9.17) is 4.74 Å². The number of carbonyl (C=O) groups is 1. The molecule has 7 rings (SSSR count). The minimum atomic E-state index is -0.00724. The third-order valence-electron chi connectivity index (χ3n) is 11.8. The predicted molar refractivity (Wildman–Crippen MR) is 190 cm³/mol. The molecule has 3 nitrogen and oxygen atoms in total. The first-order valence-electron chi connectivity index (χ1n) is 17.4. The Morgan fingerprint density at radius 3 is 2.37 bits per heavy atom. The van der Waals surface area contributed by atoms with Crippen LogP contribution in [-0.2, 0) is 22.4 Å². The van der Waals surface area contributed by atoms with Gasteiger partial charge in [0, 0.05) is 12.3 Å². The van der Waals surface area contributed by atoms with Gasteiger partial charge in [-0.1, -0.05) is 73.7 Å². The van der Waals surface area contributed by atoms with Crippen LogP contribution < -0.4 is 0 Å². The molecule has 46 heavy (non-hydrogen) atoms. The highest BCUT2D eigenvalue weighted by atomic mass is 16.5. The number of esters is 1. The van der Waals surface area contributed by atoms with Gasteiger partial charge >= 0.3 is 5.97 Å². The quantitative estimate of drug-likeness (QED) is 0.213. The molecule has 4 aliphatic rings. The number of aliphatic hydroxyl groups is 1. The first kappa shape index (κ1) is 30.8. The molecule has 0 radical (unpaired) electrons. The Bertz CT molecular complexity index is 1750. The van der Waals surface area contributed by atoms with Gasteiger partial charge < -0.3 is 9.84 Å². The van der Waals surface area contributed by atoms with Gasteiger partial charge in [-0.2, -0.15) is 0 Å². The summed E-state index contributed by atoms with van der Waals surface area (Å²) in [5, 5.41) is 10.2. The van der Waals surface area contributed by atoms with E-state index in [2.05, 4.69) is 88.0 Å². The number of methoxy groups -OCH3 is 1. The van der Waals surface area contributed by atoms with Crippen molar-refractivity contribution in [3.8, 4) is 11.1 Å². The molecule has 0 aromatic heterocycles. The van der Waals surface area contributed by atoms with Crippen molar-refractivity contribution in [1.82, 2.24) is 0 Å². The average molecular weight is 613 g/mol. The van der Waals surface area contributed by atoms with Crippen LogP contribution in [0, 0.1) is 37.5 Å². The van der Waals surface area contributed by atoms with Crippen molar-refractivity contribution in [1.29, 1.82) is 0 Å². The molecule has 3 heteroatoms. The third-order valence-corrected chi connectivity index (χ3v) is 11.8. The summed E-state index contributed by atoms with van der Waals surface area (Å²) in [5.74, 6) is 2.81. The van der Waals surface area contributed by atoms with Crippen molar-refractivity contribution in [2.45, 2.75) is 84.5 Å². The van der Waals surface area contributed by atoms with Crippen LogP contribution in [0.4, 0.5) is 0 Å². The van der Waals surface area contributed by atoms with E-state index in [9.17, 15) is 9.90 Å². The lowest BCUT2D eigenvalue weighted by Crippen LogP contribution is -2.22. The van der Waals surface area contributed by atoms with E-state index in [1.54, 1.807) is 5.57 Å². The molecule has 0 heterocycles. The zero-order valence-electron chi connectivity index (χ0n) is 28.0. The zero-order valence-corrected chi connectivity index (χ0v) is 28.0. The summed E-state index contributed by atoms with van der Waals surface area (Å²) < 4.78 is 5.05. The summed E-state index contributed by atoms with van der Waals surface area (Å²) in [4.78, 5) is 12.1. The van der Waals surface area contributed by atoms with Crippen molar-refractivity contribution in [2.24, 2.45) is 23.7 Å². The van der Waals surface area contributed by atoms with E-state index < -0.39 is 0 Å². The molecule has 2 unspecified atom stereocenters. The molecule has 4 aliphatic carbocycles. The number of rotatable bonds is 7. The minimum absolute atomic E-state index is 0.00724. The van der Waals surface area contributed by atoms with Crippen molar-refractivity contribution < 1.29 is 14.6 Å². The summed E-state index contributed by atoms with van der Waals surface area (Å²) in [6.07, 6.45) is 14.5. The highest BCUT2D eigenvalue weighted by Gasteiger charge is 2.38. The average Bonchev–Trinajstić information content (AvgIpc) is 3.79. The number of aliphatic hydroxyl groups excluding tert-OH is 1. The number of aryl methyl sites for hydroxylation is 2. The lowest BCUT2D eigenvalue weighted by Gasteiger charge is -2.33. The van der Waals surface area contributed by atoms with Gasteiger partial charge in [0.25, 0.3) is 0 Å². The Morgan fingerprint density at radius 1 is 0.935 bits per heavy atom. The number of allylic oxidation sites excluding steroid dienone is 4. The van der Waals surface area contributed by atoms with Gasteiger partial charge in [-0.25, -0.2) is 0 Å². The Kier molecular flexibility index (Phi) is 8.30. The highest BCUT2D eigenvalue weighted by Crippen LogP contribution is 2.50. The van der Waals surface area contributed by atoms with Crippen LogP contribution in [0.5, 0.6) is 0 Å². The molecule has 0 aliphatic heterocycles. The standard InChI is InChI=1S/C43H48O3/c1-25-6-8-31(9-7-25)42-38(20-28(4)44)26(2)18-36-22-35(24-40(36)42)33-16-17-37-27(3)19-39(41(37)23-33)30-12-10-29(11-13-30)32-14-15-34(21-32)43(45)46-5/h6-9,16-19,22-23,27,29-30,32,34,44H,4,10-15,20-21,24H2,1-3,5H3/t27?,29?,30?,32-,34?/m1/s1. The van der Waals surface area contributed by atoms with E-state index in [0.717, 1.165) is 25.2 Å². The molecule has 1 N–H and O–H groups in total. The summed E-state index contributed by atoms with van der Waals surface area (Å²) >= 11 is 0. The monoisotopic (exact) mass is 612 g/mol. The summed E-state index contributed by atoms with van der Waals surface area (Å²) in [6, 6.07) is 18.3. The van der Waals surface area contributed by atoms with E-state index in [-0.39, 0.29) is 17.6 Å². The van der Waals surface area contributed by atoms with Gasteiger partial charge in [0.05, 0.1) is 18.8 Å². The fraction of sp³-hybridized carbons (Fsp3) is 0.419. The second kappa shape index (κ2) is 12.4. The van der Waals surface area contributed by atoms with Crippen molar-refractivity contribution in [2.75, 3.05) is 7.11 Å². The first-order chi connectivity index (χ1) is 22.2. The molecule has 0 bridgehead atoms. The van der Waals surface area contributed by atoms with Crippen LogP contribution in [0.25, 0.3) is 28.3 Å². The largest absolute Gasteiger partial charge is 0.513 e. The van der Waals surface area contributed by atoms with Gasteiger partial charge in [-0.15, -0.1) is 0 Å². The molecule has 238 valence electrons. The van der Waals surface area contributed by atoms with Crippen LogP contribution in [0.2, 0.25) is 0 Å². The second-order valence-electron chi connectivity index (χ2n) is 14.7. The van der Waals surface area contributed by atoms with Crippen LogP contribution in [0.3, 0.4) is 0 Å². The Hall–Kier alpha value is -3.85. The van der Waals surface area contributed by atoms with E-state index in [1.807, 2.05) is 0 Å². The third kappa shape index (κ3) is 5.67. The van der Waals surface area contributed by atoms with Crippen molar-refractivity contribution in [3.63, 3.8) is 0 Å². The van der Waals surface area contributed by atoms with Crippen LogP contribution in [-0.4, -0.2) is 18.2 Å². The molecule has 2 saturated carbocycles. The van der Waals surface area contributed by atoms with Crippen LogP contribution in [0.1, 0.15) is 102 Å². The molecule has 3 atom stereocenters. The number of benzene rings is 3. The van der Waals surface area contributed by atoms with Crippen LogP contribution >= 0.6 is 0 Å². The molecule has 3 aromatic rings. The van der Waals surface area contributed by atoms with Gasteiger partial charge in [0.15, 0.2) is 0 Å².